The largest absolute Gasteiger partial charge is 0.399 e. The van der Waals surface area contributed by atoms with Crippen LogP contribution < -0.4 is 11.1 Å². The molecule has 25 heavy (non-hydrogen) atoms. The highest BCUT2D eigenvalue weighted by molar-refractivity contribution is 7.08. The average Bonchev–Trinajstić information content (AvgIpc) is 3.12. The molecule has 2 aromatic rings. The lowest BCUT2D eigenvalue weighted by Crippen LogP contribution is -2.46. The SMILES string of the molecule is Cl.Nc1ccc(CC(=O)N2CCC(NC(=O)c3ccsc3)CC2)cc1. The Labute approximate surface area is 157 Å². The Kier molecular flexibility index (Phi) is 6.84. The van der Waals surface area contributed by atoms with E-state index in [1.807, 2.05) is 46.0 Å². The number of carbonyl (C=O) groups is 2. The van der Waals surface area contributed by atoms with Gasteiger partial charge in [-0.1, -0.05) is 12.1 Å². The fraction of sp³-hybridized carbons (Fsp3) is 0.333. The summed E-state index contributed by atoms with van der Waals surface area (Å²) >= 11 is 1.51. The summed E-state index contributed by atoms with van der Waals surface area (Å²) in [6.07, 6.45) is 1.99. The molecule has 0 unspecified atom stereocenters. The van der Waals surface area contributed by atoms with Crippen LogP contribution in [-0.2, 0) is 11.2 Å². The van der Waals surface area contributed by atoms with Crippen LogP contribution in [0.15, 0.2) is 41.1 Å². The van der Waals surface area contributed by atoms with E-state index in [1.54, 1.807) is 0 Å². The summed E-state index contributed by atoms with van der Waals surface area (Å²) in [6, 6.07) is 9.37. The molecular formula is C18H22ClN3O2S. The van der Waals surface area contributed by atoms with Crippen LogP contribution in [0.5, 0.6) is 0 Å². The van der Waals surface area contributed by atoms with E-state index in [0.717, 1.165) is 18.4 Å². The number of piperidine rings is 1. The Morgan fingerprint density at radius 3 is 2.44 bits per heavy atom. The van der Waals surface area contributed by atoms with E-state index in [-0.39, 0.29) is 30.3 Å². The maximum absolute atomic E-state index is 12.4. The number of nitrogens with one attached hydrogen (secondary N) is 1. The minimum absolute atomic E-state index is 0. The zero-order valence-electron chi connectivity index (χ0n) is 13.8. The van der Waals surface area contributed by atoms with Gasteiger partial charge in [-0.2, -0.15) is 11.3 Å². The van der Waals surface area contributed by atoms with E-state index < -0.39 is 0 Å². The Morgan fingerprint density at radius 1 is 1.16 bits per heavy atom. The van der Waals surface area contributed by atoms with Crippen LogP contribution in [0.4, 0.5) is 5.69 Å². The number of hydrogen-bond donors (Lipinski definition) is 2. The molecule has 0 spiro atoms. The van der Waals surface area contributed by atoms with E-state index in [1.165, 1.54) is 11.3 Å². The number of hydrogen-bond acceptors (Lipinski definition) is 4. The number of nitrogen functional groups attached to an aromatic ring is 1. The van der Waals surface area contributed by atoms with Crippen LogP contribution in [0, 0.1) is 0 Å². The average molecular weight is 380 g/mol. The van der Waals surface area contributed by atoms with Gasteiger partial charge in [0.25, 0.3) is 5.91 Å². The third-order valence-electron chi connectivity index (χ3n) is 4.30. The first-order valence-electron chi connectivity index (χ1n) is 8.07. The molecular weight excluding hydrogens is 358 g/mol. The van der Waals surface area contributed by atoms with E-state index >= 15 is 0 Å². The topological polar surface area (TPSA) is 75.4 Å². The van der Waals surface area contributed by atoms with Crippen molar-refractivity contribution in [3.05, 3.63) is 52.2 Å². The van der Waals surface area contributed by atoms with Crippen LogP contribution in [0.1, 0.15) is 28.8 Å². The summed E-state index contributed by atoms with van der Waals surface area (Å²) in [5.41, 5.74) is 8.05. The predicted octanol–water partition coefficient (Wildman–Crippen LogP) is 2.72. The van der Waals surface area contributed by atoms with Crippen molar-refractivity contribution in [2.75, 3.05) is 18.8 Å². The van der Waals surface area contributed by atoms with Gasteiger partial charge in [-0.15, -0.1) is 12.4 Å². The molecule has 0 radical (unpaired) electrons. The summed E-state index contributed by atoms with van der Waals surface area (Å²) in [5, 5.41) is 6.80. The molecule has 7 heteroatoms. The van der Waals surface area contributed by atoms with Crippen LogP contribution in [0.3, 0.4) is 0 Å². The van der Waals surface area contributed by atoms with E-state index in [4.69, 9.17) is 5.73 Å². The molecule has 5 nitrogen and oxygen atoms in total. The van der Waals surface area contributed by atoms with E-state index in [9.17, 15) is 9.59 Å². The highest BCUT2D eigenvalue weighted by Gasteiger charge is 2.24. The molecule has 0 atom stereocenters. The molecule has 1 aromatic carbocycles. The zero-order chi connectivity index (χ0) is 16.9. The summed E-state index contributed by atoms with van der Waals surface area (Å²) in [7, 11) is 0. The minimum atomic E-state index is -0.0251. The maximum atomic E-state index is 12.4. The van der Waals surface area contributed by atoms with Crippen molar-refractivity contribution in [1.82, 2.24) is 10.2 Å². The standard InChI is InChI=1S/C18H21N3O2S.ClH/c19-15-3-1-13(2-4-15)11-17(22)21-8-5-16(6-9-21)20-18(23)14-7-10-24-12-14;/h1-4,7,10,12,16H,5-6,8-9,11,19H2,(H,20,23);1H. The van der Waals surface area contributed by atoms with Crippen molar-refractivity contribution in [3.63, 3.8) is 0 Å². The van der Waals surface area contributed by atoms with Crippen molar-refractivity contribution < 1.29 is 9.59 Å². The molecule has 0 bridgehead atoms. The van der Waals surface area contributed by atoms with Crippen molar-refractivity contribution in [1.29, 1.82) is 0 Å². The summed E-state index contributed by atoms with van der Waals surface area (Å²) < 4.78 is 0. The lowest BCUT2D eigenvalue weighted by atomic mass is 10.0. The molecule has 0 aliphatic carbocycles. The quantitative estimate of drug-likeness (QED) is 0.802. The van der Waals surface area contributed by atoms with Gasteiger partial charge in [-0.05, 0) is 42.0 Å². The predicted molar refractivity (Wildman–Crippen MR) is 103 cm³/mol. The molecule has 1 fully saturated rings. The van der Waals surface area contributed by atoms with Gasteiger partial charge in [0, 0.05) is 35.8 Å². The van der Waals surface area contributed by atoms with Gasteiger partial charge in [0.1, 0.15) is 0 Å². The van der Waals surface area contributed by atoms with Gasteiger partial charge in [0.15, 0.2) is 0 Å². The molecule has 1 aliphatic heterocycles. The third-order valence-corrected chi connectivity index (χ3v) is 4.98. The molecule has 134 valence electrons. The third kappa shape index (κ3) is 5.21. The molecule has 2 heterocycles. The lowest BCUT2D eigenvalue weighted by molar-refractivity contribution is -0.131. The van der Waals surface area contributed by atoms with Gasteiger partial charge in [-0.25, -0.2) is 0 Å². The molecule has 1 saturated heterocycles. The number of rotatable bonds is 4. The number of anilines is 1. The number of amides is 2. The molecule has 1 aliphatic rings. The lowest BCUT2D eigenvalue weighted by Gasteiger charge is -2.32. The highest BCUT2D eigenvalue weighted by atomic mass is 35.5. The Morgan fingerprint density at radius 2 is 1.84 bits per heavy atom. The number of nitrogens with zero attached hydrogens (tertiary/aromatic N) is 1. The van der Waals surface area contributed by atoms with Crippen LogP contribution in [-0.4, -0.2) is 35.8 Å². The first kappa shape index (κ1) is 19.3. The van der Waals surface area contributed by atoms with Gasteiger partial charge in [0.2, 0.25) is 5.91 Å². The van der Waals surface area contributed by atoms with Crippen molar-refractivity contribution >= 4 is 41.2 Å². The van der Waals surface area contributed by atoms with Gasteiger partial charge in [-0.3, -0.25) is 9.59 Å². The first-order valence-corrected chi connectivity index (χ1v) is 9.01. The highest BCUT2D eigenvalue weighted by Crippen LogP contribution is 2.14. The molecule has 2 amide bonds. The fourth-order valence-electron chi connectivity index (χ4n) is 2.86. The second-order valence-corrected chi connectivity index (χ2v) is 6.84. The van der Waals surface area contributed by atoms with Crippen LogP contribution in [0.25, 0.3) is 0 Å². The second-order valence-electron chi connectivity index (χ2n) is 6.06. The van der Waals surface area contributed by atoms with Crippen LogP contribution in [0.2, 0.25) is 0 Å². The van der Waals surface area contributed by atoms with Crippen LogP contribution >= 0.6 is 23.7 Å². The monoisotopic (exact) mass is 379 g/mol. The maximum Gasteiger partial charge on any atom is 0.252 e. The summed E-state index contributed by atoms with van der Waals surface area (Å²) in [4.78, 5) is 26.3. The Balaban J connectivity index is 0.00000225. The van der Waals surface area contributed by atoms with Gasteiger partial charge < -0.3 is 16.0 Å². The summed E-state index contributed by atoms with van der Waals surface area (Å²) in [5.74, 6) is 0.102. The molecule has 3 N–H and O–H groups in total. The number of thiophene rings is 1. The van der Waals surface area contributed by atoms with Crippen molar-refractivity contribution in [2.45, 2.75) is 25.3 Å². The summed E-state index contributed by atoms with van der Waals surface area (Å²) in [6.45, 7) is 1.37. The fourth-order valence-corrected chi connectivity index (χ4v) is 3.49. The van der Waals surface area contributed by atoms with Crippen molar-refractivity contribution in [3.8, 4) is 0 Å². The van der Waals surface area contributed by atoms with E-state index in [2.05, 4.69) is 5.32 Å². The molecule has 0 saturated carbocycles. The number of carbonyl (C=O) groups excluding carboxylic acids is 2. The smallest absolute Gasteiger partial charge is 0.252 e. The van der Waals surface area contributed by atoms with E-state index in [0.29, 0.717) is 30.8 Å². The molecule has 1 aromatic heterocycles. The molecule has 3 rings (SSSR count). The van der Waals surface area contributed by atoms with Gasteiger partial charge >= 0.3 is 0 Å². The minimum Gasteiger partial charge on any atom is -0.399 e. The number of halogens is 1. The van der Waals surface area contributed by atoms with Gasteiger partial charge in [0.05, 0.1) is 6.42 Å². The Hall–Kier alpha value is -2.05. The normalized spacial score (nSPS) is 14.6. The second kappa shape index (κ2) is 8.87. The Bertz CT molecular complexity index is 696. The number of nitrogens with two attached hydrogens (primary N) is 1. The first-order chi connectivity index (χ1) is 11.6. The number of likely N-dealkylation sites (tertiary alicyclic amines) is 1. The number of benzene rings is 1. The van der Waals surface area contributed by atoms with Crippen molar-refractivity contribution in [2.24, 2.45) is 0 Å². The zero-order valence-corrected chi connectivity index (χ0v) is 15.4.